The van der Waals surface area contributed by atoms with Crippen LogP contribution in [0.5, 0.6) is 0 Å². The van der Waals surface area contributed by atoms with E-state index in [2.05, 4.69) is 34.9 Å². The highest BCUT2D eigenvalue weighted by Crippen LogP contribution is 2.44. The molecule has 4 rings (SSSR count). The molecule has 3 N–H and O–H groups in total. The van der Waals surface area contributed by atoms with Gasteiger partial charge in [0.2, 0.25) is 5.91 Å². The molecule has 1 saturated carbocycles. The molecule has 0 aromatic heterocycles. The third-order valence-electron chi connectivity index (χ3n) is 6.89. The molecule has 2 aliphatic rings. The fourth-order valence-corrected chi connectivity index (χ4v) is 4.60. The molecule has 2 amide bonds. The predicted octanol–water partition coefficient (Wildman–Crippen LogP) is 3.78. The molecule has 2 aromatic rings. The first-order valence-electron chi connectivity index (χ1n) is 11.5. The fraction of sp³-hybridized carbons (Fsp3) is 0.423. The summed E-state index contributed by atoms with van der Waals surface area (Å²) in [6.07, 6.45) is 0.780. The standard InChI is InChI=1S/C26H30N2O5/c1-3-15(2)23(25(30)31)28-24(29)21-12-16(21)13-27-26(32)33-14-22-19-10-6-4-8-17(19)18-9-5-7-11-20(18)22/h4-11,15-16,21-23H,3,12-14H2,1-2H3,(H,27,32)(H,28,29)(H,30,31)/t15?,16-,21-,23+/m1/s1. The Labute approximate surface area is 193 Å². The summed E-state index contributed by atoms with van der Waals surface area (Å²) in [6, 6.07) is 15.4. The molecule has 0 heterocycles. The SMILES string of the molecule is CCC(C)[C@H](NC(=O)[C@@H]1C[C@@H]1CNC(=O)OCC1c2ccccc2-c2ccccc21)C(=O)O. The molecule has 1 fully saturated rings. The van der Waals surface area contributed by atoms with Crippen LogP contribution in [0.15, 0.2) is 48.5 Å². The first-order chi connectivity index (χ1) is 15.9. The number of aliphatic carboxylic acids is 1. The Kier molecular flexibility index (Phi) is 6.67. The number of alkyl carbamates (subject to hydrolysis) is 1. The van der Waals surface area contributed by atoms with Crippen molar-refractivity contribution in [2.24, 2.45) is 17.8 Å². The van der Waals surface area contributed by atoms with E-state index in [4.69, 9.17) is 4.74 Å². The molecule has 7 nitrogen and oxygen atoms in total. The number of hydrogen-bond donors (Lipinski definition) is 3. The molecule has 0 aliphatic heterocycles. The van der Waals surface area contributed by atoms with Crippen molar-refractivity contribution in [1.82, 2.24) is 10.6 Å². The van der Waals surface area contributed by atoms with Gasteiger partial charge in [-0.2, -0.15) is 0 Å². The second-order valence-corrected chi connectivity index (χ2v) is 9.02. The lowest BCUT2D eigenvalue weighted by Crippen LogP contribution is -2.46. The van der Waals surface area contributed by atoms with Crippen molar-refractivity contribution in [1.29, 1.82) is 0 Å². The zero-order valence-corrected chi connectivity index (χ0v) is 18.9. The molecule has 2 aromatic carbocycles. The largest absolute Gasteiger partial charge is 0.480 e. The van der Waals surface area contributed by atoms with Crippen molar-refractivity contribution in [3.8, 4) is 11.1 Å². The highest BCUT2D eigenvalue weighted by molar-refractivity contribution is 5.87. The summed E-state index contributed by atoms with van der Waals surface area (Å²) >= 11 is 0. The van der Waals surface area contributed by atoms with Crippen LogP contribution in [0.2, 0.25) is 0 Å². The van der Waals surface area contributed by atoms with E-state index in [9.17, 15) is 19.5 Å². The van der Waals surface area contributed by atoms with Gasteiger partial charge in [0.1, 0.15) is 12.6 Å². The molecule has 7 heteroatoms. The number of amides is 2. The topological polar surface area (TPSA) is 105 Å². The molecular weight excluding hydrogens is 420 g/mol. The lowest BCUT2D eigenvalue weighted by atomic mass is 9.98. The Bertz CT molecular complexity index is 1010. The number of carbonyl (C=O) groups is 3. The number of hydrogen-bond acceptors (Lipinski definition) is 4. The van der Waals surface area contributed by atoms with E-state index in [1.165, 1.54) is 11.1 Å². The highest BCUT2D eigenvalue weighted by atomic mass is 16.5. The number of carboxylic acids is 1. The molecule has 1 unspecified atom stereocenters. The van der Waals surface area contributed by atoms with Crippen molar-refractivity contribution in [2.45, 2.75) is 38.6 Å². The van der Waals surface area contributed by atoms with E-state index >= 15 is 0 Å². The summed E-state index contributed by atoms with van der Waals surface area (Å²) in [7, 11) is 0. The monoisotopic (exact) mass is 450 g/mol. The van der Waals surface area contributed by atoms with Crippen molar-refractivity contribution in [2.75, 3.05) is 13.2 Å². The summed E-state index contributed by atoms with van der Waals surface area (Å²) in [5, 5.41) is 14.8. The number of ether oxygens (including phenoxy) is 1. The Morgan fingerprint density at radius 1 is 1.06 bits per heavy atom. The number of nitrogens with one attached hydrogen (secondary N) is 2. The van der Waals surface area contributed by atoms with Gasteiger partial charge in [0, 0.05) is 18.4 Å². The maximum absolute atomic E-state index is 12.4. The molecule has 0 saturated heterocycles. The molecule has 33 heavy (non-hydrogen) atoms. The van der Waals surface area contributed by atoms with Gasteiger partial charge in [0.15, 0.2) is 0 Å². The van der Waals surface area contributed by atoms with Gasteiger partial charge in [-0.25, -0.2) is 9.59 Å². The average Bonchev–Trinajstić information content (AvgIpc) is 3.54. The smallest absolute Gasteiger partial charge is 0.407 e. The lowest BCUT2D eigenvalue weighted by molar-refractivity contribution is -0.143. The summed E-state index contributed by atoms with van der Waals surface area (Å²) < 4.78 is 5.53. The van der Waals surface area contributed by atoms with Gasteiger partial charge in [-0.05, 0) is 40.5 Å². The normalized spacial score (nSPS) is 20.2. The molecule has 0 spiro atoms. The molecule has 4 atom stereocenters. The Morgan fingerprint density at radius 2 is 1.67 bits per heavy atom. The third-order valence-corrected chi connectivity index (χ3v) is 6.89. The summed E-state index contributed by atoms with van der Waals surface area (Å²) in [5.74, 6) is -1.71. The van der Waals surface area contributed by atoms with Gasteiger partial charge in [0.25, 0.3) is 0 Å². The summed E-state index contributed by atoms with van der Waals surface area (Å²) in [6.45, 7) is 4.27. The maximum Gasteiger partial charge on any atom is 0.407 e. The molecule has 174 valence electrons. The van der Waals surface area contributed by atoms with Gasteiger partial charge < -0.3 is 20.5 Å². The number of benzene rings is 2. The predicted molar refractivity (Wildman–Crippen MR) is 124 cm³/mol. The van der Waals surface area contributed by atoms with E-state index in [1.54, 1.807) is 0 Å². The zero-order chi connectivity index (χ0) is 23.5. The number of carboxylic acid groups (broad SMARTS) is 1. The van der Waals surface area contributed by atoms with Crippen LogP contribution < -0.4 is 10.6 Å². The van der Waals surface area contributed by atoms with Gasteiger partial charge in [-0.1, -0.05) is 68.8 Å². The van der Waals surface area contributed by atoms with Gasteiger partial charge >= 0.3 is 12.1 Å². The summed E-state index contributed by atoms with van der Waals surface area (Å²) in [5.41, 5.74) is 4.65. The number of carbonyl (C=O) groups excluding carboxylic acids is 2. The maximum atomic E-state index is 12.4. The molecule has 0 radical (unpaired) electrons. The van der Waals surface area contributed by atoms with Gasteiger partial charge in [0.05, 0.1) is 0 Å². The van der Waals surface area contributed by atoms with Crippen molar-refractivity contribution < 1.29 is 24.2 Å². The second-order valence-electron chi connectivity index (χ2n) is 9.02. The Hall–Kier alpha value is -3.35. The van der Waals surface area contributed by atoms with Crippen molar-refractivity contribution >= 4 is 18.0 Å². The fourth-order valence-electron chi connectivity index (χ4n) is 4.60. The van der Waals surface area contributed by atoms with E-state index in [-0.39, 0.29) is 36.2 Å². The van der Waals surface area contributed by atoms with Crippen LogP contribution in [-0.4, -0.2) is 42.3 Å². The van der Waals surface area contributed by atoms with Crippen molar-refractivity contribution in [3.05, 3.63) is 59.7 Å². The van der Waals surface area contributed by atoms with Crippen molar-refractivity contribution in [3.63, 3.8) is 0 Å². The molecule has 2 aliphatic carbocycles. The van der Waals surface area contributed by atoms with E-state index in [0.717, 1.165) is 11.1 Å². The number of rotatable bonds is 9. The number of fused-ring (bicyclic) bond motifs is 3. The lowest BCUT2D eigenvalue weighted by Gasteiger charge is -2.20. The first kappa shape index (κ1) is 22.8. The van der Waals surface area contributed by atoms with Crippen LogP contribution in [0.25, 0.3) is 11.1 Å². The Morgan fingerprint density at radius 3 is 2.24 bits per heavy atom. The Balaban J connectivity index is 1.25. The van der Waals surface area contributed by atoms with Crippen LogP contribution in [0.3, 0.4) is 0 Å². The quantitative estimate of drug-likeness (QED) is 0.539. The average molecular weight is 451 g/mol. The second kappa shape index (κ2) is 9.65. The van der Waals surface area contributed by atoms with Crippen LogP contribution in [0.4, 0.5) is 4.79 Å². The highest BCUT2D eigenvalue weighted by Gasteiger charge is 2.44. The minimum Gasteiger partial charge on any atom is -0.480 e. The minimum absolute atomic E-state index is 0.00291. The minimum atomic E-state index is -1.02. The van der Waals surface area contributed by atoms with Crippen LogP contribution in [-0.2, 0) is 14.3 Å². The third kappa shape index (κ3) is 4.87. The van der Waals surface area contributed by atoms with E-state index in [0.29, 0.717) is 19.4 Å². The van der Waals surface area contributed by atoms with Crippen LogP contribution >= 0.6 is 0 Å². The van der Waals surface area contributed by atoms with Gasteiger partial charge in [-0.3, -0.25) is 4.79 Å². The van der Waals surface area contributed by atoms with Gasteiger partial charge in [-0.15, -0.1) is 0 Å². The molecule has 0 bridgehead atoms. The molecular formula is C26H30N2O5. The van der Waals surface area contributed by atoms with Crippen LogP contribution in [0.1, 0.15) is 43.7 Å². The summed E-state index contributed by atoms with van der Waals surface area (Å²) in [4.78, 5) is 36.1. The van der Waals surface area contributed by atoms with Crippen LogP contribution in [0, 0.1) is 17.8 Å². The zero-order valence-electron chi connectivity index (χ0n) is 18.9. The first-order valence-corrected chi connectivity index (χ1v) is 11.5. The van der Waals surface area contributed by atoms with E-state index < -0.39 is 18.1 Å². The van der Waals surface area contributed by atoms with E-state index in [1.807, 2.05) is 38.1 Å².